The van der Waals surface area contributed by atoms with Gasteiger partial charge in [0.1, 0.15) is 11.7 Å². The van der Waals surface area contributed by atoms with Crippen molar-refractivity contribution in [2.75, 3.05) is 18.2 Å². The average molecular weight is 640 g/mol. The fraction of sp³-hybridized carbons (Fsp3) is 0.784. The van der Waals surface area contributed by atoms with E-state index in [-0.39, 0.29) is 33.0 Å². The molecule has 0 aromatic heterocycles. The monoisotopic (exact) mass is 639 g/mol. The first-order valence-corrected chi connectivity index (χ1v) is 19.8. The van der Waals surface area contributed by atoms with E-state index in [0.29, 0.717) is 29.4 Å². The highest BCUT2D eigenvalue weighted by Crippen LogP contribution is 2.87. The smallest absolute Gasteiger partial charge is 0.110 e. The SMILES string of the molecule is CO[C@@H]1C=C(O)[C@H]2[C@@H]3[C@H]4CC[C@]5(C[C@H]6Cc7cccc(c7)N[C@H]([C@H](C)O)CSSC7(CCCCC7)[C@@H]6C5)[C@]3(C)[C@](C)(C4)[C@@]12O. The summed E-state index contributed by atoms with van der Waals surface area (Å²) < 4.78 is 6.21. The van der Waals surface area contributed by atoms with E-state index in [1.54, 1.807) is 7.11 Å². The Morgan fingerprint density at radius 3 is 2.59 bits per heavy atom. The largest absolute Gasteiger partial charge is 0.512 e. The summed E-state index contributed by atoms with van der Waals surface area (Å²) >= 11 is 0. The number of rotatable bonds is 2. The van der Waals surface area contributed by atoms with E-state index in [0.717, 1.165) is 24.3 Å². The fourth-order valence-electron chi connectivity index (χ4n) is 13.3. The van der Waals surface area contributed by atoms with E-state index < -0.39 is 17.8 Å². The van der Waals surface area contributed by atoms with Crippen molar-refractivity contribution in [2.45, 2.75) is 120 Å². The third kappa shape index (κ3) is 3.80. The second-order valence-corrected chi connectivity index (χ2v) is 19.3. The molecule has 1 aliphatic heterocycles. The zero-order valence-corrected chi connectivity index (χ0v) is 28.7. The Morgan fingerprint density at radius 2 is 1.84 bits per heavy atom. The van der Waals surface area contributed by atoms with E-state index in [2.05, 4.69) is 54.2 Å². The molecule has 7 heteroatoms. The van der Waals surface area contributed by atoms with Crippen LogP contribution in [0.5, 0.6) is 0 Å². The summed E-state index contributed by atoms with van der Waals surface area (Å²) in [4.78, 5) is 0. The van der Waals surface area contributed by atoms with Gasteiger partial charge in [0.25, 0.3) is 0 Å². The molecule has 44 heavy (non-hydrogen) atoms. The van der Waals surface area contributed by atoms with Gasteiger partial charge in [0, 0.05) is 28.7 Å². The van der Waals surface area contributed by atoms with Gasteiger partial charge >= 0.3 is 0 Å². The van der Waals surface area contributed by atoms with Crippen LogP contribution in [0.3, 0.4) is 0 Å². The molecule has 1 aromatic carbocycles. The standard InChI is InChI=1S/C37H53NO4S2/c1-22(39)28-21-43-44-36(12-6-5-7-13-36)27-20-35(19-25(27)15-23-9-8-10-26(16-23)38-28)14-11-24-18-33(2)34(35,3)31(24)32-29(40)17-30(42-4)37(32,33)41/h8-10,16-17,22,24-25,27-28,30-32,38-41H,5-7,11-15,18-21H2,1-4H3/t22-,24-,25+,27+,28-,30+,31-,32-,33-,34-,35+,37+/m0/s1. The summed E-state index contributed by atoms with van der Waals surface area (Å²) in [7, 11) is 5.88. The van der Waals surface area contributed by atoms with E-state index in [9.17, 15) is 15.3 Å². The maximum Gasteiger partial charge on any atom is 0.110 e. The Morgan fingerprint density at radius 1 is 1.05 bits per heavy atom. The molecule has 12 atom stereocenters. The average Bonchev–Trinajstić information content (AvgIpc) is 3.60. The first kappa shape index (κ1) is 30.5. The third-order valence-electron chi connectivity index (χ3n) is 15.2. The molecule has 1 aromatic rings. The van der Waals surface area contributed by atoms with Gasteiger partial charge in [-0.15, -0.1) is 0 Å². The minimum absolute atomic E-state index is 0.0198. The summed E-state index contributed by atoms with van der Waals surface area (Å²) in [5.41, 5.74) is 1.25. The number of ether oxygens (including phenoxy) is 1. The zero-order valence-electron chi connectivity index (χ0n) is 27.1. The highest BCUT2D eigenvalue weighted by Gasteiger charge is 2.86. The van der Waals surface area contributed by atoms with Gasteiger partial charge in [-0.3, -0.25) is 0 Å². The lowest BCUT2D eigenvalue weighted by Gasteiger charge is -2.57. The van der Waals surface area contributed by atoms with Crippen molar-refractivity contribution in [2.24, 2.45) is 45.8 Å². The molecule has 8 rings (SSSR count). The summed E-state index contributed by atoms with van der Waals surface area (Å²) in [6.45, 7) is 6.88. The molecule has 242 valence electrons. The number of benzene rings is 1. The normalized spacial score (nSPS) is 49.5. The van der Waals surface area contributed by atoms with Crippen LogP contribution in [-0.4, -0.2) is 56.8 Å². The number of anilines is 1. The summed E-state index contributed by atoms with van der Waals surface area (Å²) in [5.74, 6) is 3.14. The Balaban J connectivity index is 1.23. The zero-order chi connectivity index (χ0) is 30.7. The topological polar surface area (TPSA) is 82.0 Å². The first-order chi connectivity index (χ1) is 21.0. The van der Waals surface area contributed by atoms with Gasteiger partial charge in [-0.1, -0.05) is 66.8 Å². The quantitative estimate of drug-likeness (QED) is 0.246. The number of nitrogens with one attached hydrogen (secondary N) is 1. The number of aliphatic hydroxyl groups is 3. The molecule has 0 unspecified atom stereocenters. The van der Waals surface area contributed by atoms with Crippen molar-refractivity contribution in [3.8, 4) is 0 Å². The summed E-state index contributed by atoms with van der Waals surface area (Å²) in [6.07, 6.45) is 14.6. The predicted molar refractivity (Wildman–Crippen MR) is 181 cm³/mol. The Hall–Kier alpha value is -0.860. The number of methoxy groups -OCH3 is 1. The van der Waals surface area contributed by atoms with Crippen molar-refractivity contribution >= 4 is 27.3 Å². The van der Waals surface area contributed by atoms with Crippen molar-refractivity contribution in [1.29, 1.82) is 0 Å². The van der Waals surface area contributed by atoms with Gasteiger partial charge in [-0.2, -0.15) is 0 Å². The highest BCUT2D eigenvalue weighted by molar-refractivity contribution is 8.77. The molecule has 0 amide bonds. The molecule has 0 radical (unpaired) electrons. The maximum absolute atomic E-state index is 12.8. The lowest BCUT2D eigenvalue weighted by molar-refractivity contribution is -0.181. The van der Waals surface area contributed by atoms with Gasteiger partial charge in [0.15, 0.2) is 0 Å². The van der Waals surface area contributed by atoms with E-state index in [4.69, 9.17) is 4.74 Å². The van der Waals surface area contributed by atoms with E-state index >= 15 is 0 Å². The predicted octanol–water partition coefficient (Wildman–Crippen LogP) is 7.77. The summed E-state index contributed by atoms with van der Waals surface area (Å²) in [5, 5.41) is 38.6. The number of hydrogen-bond acceptors (Lipinski definition) is 7. The number of fused-ring (bicyclic) bond motifs is 6. The van der Waals surface area contributed by atoms with Gasteiger partial charge in [-0.05, 0) is 117 Å². The van der Waals surface area contributed by atoms with Crippen LogP contribution in [-0.2, 0) is 11.2 Å². The van der Waals surface area contributed by atoms with Crippen LogP contribution in [0.15, 0.2) is 36.1 Å². The van der Waals surface area contributed by atoms with E-state index in [1.807, 2.05) is 23.8 Å². The second kappa shape index (κ2) is 10.3. The van der Waals surface area contributed by atoms with Crippen LogP contribution < -0.4 is 5.32 Å². The molecule has 4 N–H and O–H groups in total. The third-order valence-corrected chi connectivity index (χ3v) is 18.6. The van der Waals surface area contributed by atoms with Crippen LogP contribution >= 0.6 is 21.6 Å². The second-order valence-electron chi connectivity index (χ2n) is 16.6. The number of aliphatic hydroxyl groups excluding tert-OH is 2. The van der Waals surface area contributed by atoms with E-state index in [1.165, 1.54) is 63.4 Å². The van der Waals surface area contributed by atoms with Gasteiger partial charge in [0.05, 0.1) is 23.8 Å². The molecule has 5 saturated carbocycles. The Bertz CT molecular complexity index is 1330. The molecule has 0 saturated heterocycles. The molecule has 6 aliphatic carbocycles. The molecular formula is C37H53NO4S2. The van der Waals surface area contributed by atoms with Crippen LogP contribution in [0, 0.1) is 45.8 Å². The highest BCUT2D eigenvalue weighted by atomic mass is 33.1. The lowest BCUT2D eigenvalue weighted by atomic mass is 9.48. The molecule has 7 aliphatic rings. The molecular weight excluding hydrogens is 587 g/mol. The van der Waals surface area contributed by atoms with Gasteiger partial charge in [-0.25, -0.2) is 0 Å². The van der Waals surface area contributed by atoms with Crippen molar-refractivity contribution in [3.05, 3.63) is 41.7 Å². The van der Waals surface area contributed by atoms with Crippen LogP contribution in [0.4, 0.5) is 5.69 Å². The summed E-state index contributed by atoms with van der Waals surface area (Å²) in [6, 6.07) is 9.05. The van der Waals surface area contributed by atoms with Crippen LogP contribution in [0.2, 0.25) is 0 Å². The van der Waals surface area contributed by atoms with Crippen LogP contribution in [0.25, 0.3) is 0 Å². The first-order valence-electron chi connectivity index (χ1n) is 17.5. The van der Waals surface area contributed by atoms with Crippen molar-refractivity contribution in [3.63, 3.8) is 0 Å². The van der Waals surface area contributed by atoms with Crippen molar-refractivity contribution < 1.29 is 20.1 Å². The minimum atomic E-state index is -1.05. The molecule has 5 fully saturated rings. The fourth-order valence-corrected chi connectivity index (χ4v) is 17.1. The molecule has 6 bridgehead atoms. The lowest BCUT2D eigenvalue weighted by Crippen LogP contribution is -2.59. The minimum Gasteiger partial charge on any atom is -0.512 e. The van der Waals surface area contributed by atoms with Crippen LogP contribution in [0.1, 0.15) is 90.5 Å². The molecule has 1 heterocycles. The maximum atomic E-state index is 12.8. The van der Waals surface area contributed by atoms with Crippen molar-refractivity contribution in [1.82, 2.24) is 0 Å². The number of hydrogen-bond donors (Lipinski definition) is 4. The Kier molecular flexibility index (Phi) is 7.15. The van der Waals surface area contributed by atoms with Gasteiger partial charge < -0.3 is 25.4 Å². The molecule has 5 nitrogen and oxygen atoms in total. The van der Waals surface area contributed by atoms with Gasteiger partial charge in [0.2, 0.25) is 0 Å². The molecule has 2 spiro atoms. The Labute approximate surface area is 272 Å².